The topological polar surface area (TPSA) is 26.3 Å². The summed E-state index contributed by atoms with van der Waals surface area (Å²) in [6, 6.07) is 69.0. The first kappa shape index (κ1) is 30.5. The van der Waals surface area contributed by atoms with Gasteiger partial charge in [0.1, 0.15) is 22.5 Å². The number of hydrogen-bond acceptors (Lipinski definition) is 2. The van der Waals surface area contributed by atoms with Crippen LogP contribution in [0.2, 0.25) is 0 Å². The molecule has 0 N–H and O–H groups in total. The van der Waals surface area contributed by atoms with Crippen molar-refractivity contribution in [3.8, 4) is 55.8 Å². The van der Waals surface area contributed by atoms with Crippen molar-refractivity contribution in [2.75, 3.05) is 0 Å². The molecule has 0 unspecified atom stereocenters. The van der Waals surface area contributed by atoms with E-state index >= 15 is 0 Å². The van der Waals surface area contributed by atoms with Crippen LogP contribution in [0.3, 0.4) is 0 Å². The van der Waals surface area contributed by atoms with E-state index in [0.717, 1.165) is 66.5 Å². The van der Waals surface area contributed by atoms with Crippen molar-refractivity contribution >= 4 is 54.5 Å². The molecule has 11 rings (SSSR count). The fourth-order valence-corrected chi connectivity index (χ4v) is 8.53. The Morgan fingerprint density at radius 3 is 1.22 bits per heavy atom. The van der Waals surface area contributed by atoms with E-state index in [1.807, 2.05) is 18.2 Å². The molecule has 2 heteroatoms. The van der Waals surface area contributed by atoms with Crippen LogP contribution in [0.15, 0.2) is 203 Å². The Balaban J connectivity index is 1.12. The number of furan rings is 2. The van der Waals surface area contributed by atoms with Gasteiger partial charge < -0.3 is 8.83 Å². The Morgan fingerprint density at radius 1 is 0.241 bits per heavy atom. The quantitative estimate of drug-likeness (QED) is 0.168. The maximum atomic E-state index is 6.99. The lowest BCUT2D eigenvalue weighted by Gasteiger charge is -2.18. The van der Waals surface area contributed by atoms with E-state index in [2.05, 4.69) is 176 Å². The maximum absolute atomic E-state index is 6.99. The summed E-state index contributed by atoms with van der Waals surface area (Å²) in [5.41, 5.74) is 12.8. The van der Waals surface area contributed by atoms with Crippen molar-refractivity contribution in [2.24, 2.45) is 0 Å². The molecular weight excluding hydrogens is 657 g/mol. The molecule has 2 heterocycles. The number of hydrogen-bond donors (Lipinski definition) is 0. The molecule has 0 aliphatic heterocycles. The molecule has 11 aromatic rings. The zero-order chi connectivity index (χ0) is 35.6. The van der Waals surface area contributed by atoms with Crippen molar-refractivity contribution in [3.05, 3.63) is 194 Å². The Morgan fingerprint density at radius 2 is 0.648 bits per heavy atom. The first-order valence-electron chi connectivity index (χ1n) is 18.4. The van der Waals surface area contributed by atoms with Crippen LogP contribution < -0.4 is 0 Å². The molecule has 252 valence electrons. The highest BCUT2D eigenvalue weighted by Crippen LogP contribution is 2.48. The van der Waals surface area contributed by atoms with Crippen molar-refractivity contribution in [2.45, 2.75) is 0 Å². The molecule has 9 aromatic carbocycles. The first-order valence-corrected chi connectivity index (χ1v) is 18.4. The molecule has 0 fully saturated rings. The molecule has 0 saturated carbocycles. The molecule has 54 heavy (non-hydrogen) atoms. The van der Waals surface area contributed by atoms with Crippen LogP contribution in [0, 0.1) is 0 Å². The Labute approximate surface area is 312 Å². The zero-order valence-electron chi connectivity index (χ0n) is 29.3. The SMILES string of the molecule is c1ccc(-c2oc3c(-c4cccc5c4oc4ccccc45)cccc3c2-c2ccc(-c3c4ccccc4c(-c4ccccc4)c4ccccc34)cc2)cc1. The fourth-order valence-electron chi connectivity index (χ4n) is 8.53. The first-order chi connectivity index (χ1) is 26.8. The standard InChI is InChI=1S/C52H32O2/c1-3-15-33(16-4-1)47-38-20-7-9-22-40(38)48(41-23-10-8-21-39(41)47)34-29-31-35(32-30-34)49-45-27-14-26-44(52(45)54-50(49)36-17-5-2-6-18-36)43-25-13-24-42-37-19-11-12-28-46(37)53-51(42)43/h1-32H. The summed E-state index contributed by atoms with van der Waals surface area (Å²) in [4.78, 5) is 0. The lowest BCUT2D eigenvalue weighted by molar-refractivity contribution is 0.633. The molecule has 0 aliphatic carbocycles. The van der Waals surface area contributed by atoms with Gasteiger partial charge in [-0.15, -0.1) is 0 Å². The van der Waals surface area contributed by atoms with Crippen LogP contribution in [0.25, 0.3) is 110 Å². The highest BCUT2D eigenvalue weighted by molar-refractivity contribution is 6.21. The highest BCUT2D eigenvalue weighted by atomic mass is 16.3. The average Bonchev–Trinajstić information content (AvgIpc) is 3.83. The summed E-state index contributed by atoms with van der Waals surface area (Å²) in [7, 11) is 0. The van der Waals surface area contributed by atoms with Gasteiger partial charge in [0, 0.05) is 38.4 Å². The number of benzene rings is 9. The van der Waals surface area contributed by atoms with Crippen LogP contribution in [0.4, 0.5) is 0 Å². The van der Waals surface area contributed by atoms with Crippen molar-refractivity contribution in [1.29, 1.82) is 0 Å². The van der Waals surface area contributed by atoms with Crippen LogP contribution >= 0.6 is 0 Å². The summed E-state index contributed by atoms with van der Waals surface area (Å²) in [5, 5.41) is 8.26. The minimum Gasteiger partial charge on any atom is -0.455 e. The van der Waals surface area contributed by atoms with Gasteiger partial charge in [-0.3, -0.25) is 0 Å². The molecule has 0 atom stereocenters. The van der Waals surface area contributed by atoms with Crippen LogP contribution in [-0.4, -0.2) is 0 Å². The van der Waals surface area contributed by atoms with Gasteiger partial charge in [-0.1, -0.05) is 188 Å². The van der Waals surface area contributed by atoms with Gasteiger partial charge >= 0.3 is 0 Å². The third-order valence-electron chi connectivity index (χ3n) is 10.9. The van der Waals surface area contributed by atoms with E-state index in [1.54, 1.807) is 0 Å². The van der Waals surface area contributed by atoms with Gasteiger partial charge in [-0.2, -0.15) is 0 Å². The summed E-state index contributed by atoms with van der Waals surface area (Å²) in [6.45, 7) is 0. The second-order valence-electron chi connectivity index (χ2n) is 13.9. The molecule has 2 aromatic heterocycles. The lowest BCUT2D eigenvalue weighted by atomic mass is 9.85. The van der Waals surface area contributed by atoms with Crippen molar-refractivity contribution < 1.29 is 8.83 Å². The number of para-hydroxylation sites is 3. The van der Waals surface area contributed by atoms with E-state index in [9.17, 15) is 0 Å². The molecule has 0 radical (unpaired) electrons. The summed E-state index contributed by atoms with van der Waals surface area (Å²) in [5.74, 6) is 0.852. The average molecular weight is 689 g/mol. The van der Waals surface area contributed by atoms with Gasteiger partial charge in [0.2, 0.25) is 0 Å². The predicted octanol–water partition coefficient (Wildman–Crippen LogP) is 15.0. The minimum atomic E-state index is 0.844. The molecule has 0 saturated heterocycles. The fraction of sp³-hybridized carbons (Fsp3) is 0. The van der Waals surface area contributed by atoms with Gasteiger partial charge in [0.15, 0.2) is 0 Å². The minimum absolute atomic E-state index is 0.844. The van der Waals surface area contributed by atoms with Gasteiger partial charge in [0.05, 0.1) is 0 Å². The highest BCUT2D eigenvalue weighted by Gasteiger charge is 2.23. The van der Waals surface area contributed by atoms with E-state index in [1.165, 1.54) is 43.8 Å². The number of fused-ring (bicyclic) bond motifs is 6. The molecule has 0 spiro atoms. The number of rotatable bonds is 5. The van der Waals surface area contributed by atoms with Gasteiger partial charge in [-0.05, 0) is 55.4 Å². The van der Waals surface area contributed by atoms with Gasteiger partial charge in [-0.25, -0.2) is 0 Å². The van der Waals surface area contributed by atoms with Crippen LogP contribution in [-0.2, 0) is 0 Å². The molecule has 0 amide bonds. The molecule has 0 aliphatic rings. The smallest absolute Gasteiger partial charge is 0.143 e. The largest absolute Gasteiger partial charge is 0.455 e. The normalized spacial score (nSPS) is 11.7. The lowest BCUT2D eigenvalue weighted by Crippen LogP contribution is -1.90. The van der Waals surface area contributed by atoms with Crippen LogP contribution in [0.1, 0.15) is 0 Å². The molecular formula is C52H32O2. The Hall–Kier alpha value is -7.16. The second-order valence-corrected chi connectivity index (χ2v) is 13.9. The maximum Gasteiger partial charge on any atom is 0.143 e. The molecule has 0 bridgehead atoms. The second kappa shape index (κ2) is 12.2. The third kappa shape index (κ3) is 4.67. The summed E-state index contributed by atoms with van der Waals surface area (Å²) >= 11 is 0. The monoisotopic (exact) mass is 688 g/mol. The zero-order valence-corrected chi connectivity index (χ0v) is 29.3. The van der Waals surface area contributed by atoms with Crippen LogP contribution in [0.5, 0.6) is 0 Å². The van der Waals surface area contributed by atoms with Gasteiger partial charge in [0.25, 0.3) is 0 Å². The van der Waals surface area contributed by atoms with E-state index in [-0.39, 0.29) is 0 Å². The van der Waals surface area contributed by atoms with E-state index < -0.39 is 0 Å². The summed E-state index contributed by atoms with van der Waals surface area (Å²) in [6.07, 6.45) is 0. The van der Waals surface area contributed by atoms with Crippen molar-refractivity contribution in [1.82, 2.24) is 0 Å². The summed E-state index contributed by atoms with van der Waals surface area (Å²) < 4.78 is 13.5. The van der Waals surface area contributed by atoms with E-state index in [4.69, 9.17) is 8.83 Å². The molecule has 2 nitrogen and oxygen atoms in total. The Bertz CT molecular complexity index is 3130. The third-order valence-corrected chi connectivity index (χ3v) is 10.9. The Kier molecular flexibility index (Phi) is 6.90. The van der Waals surface area contributed by atoms with Crippen molar-refractivity contribution in [3.63, 3.8) is 0 Å². The predicted molar refractivity (Wildman–Crippen MR) is 226 cm³/mol. The van der Waals surface area contributed by atoms with E-state index in [0.29, 0.717) is 0 Å².